The van der Waals surface area contributed by atoms with Gasteiger partial charge in [-0.2, -0.15) is 9.78 Å². The van der Waals surface area contributed by atoms with Crippen LogP contribution in [0.3, 0.4) is 0 Å². The average molecular weight is 528 g/mol. The molecule has 7 nitrogen and oxygen atoms in total. The fourth-order valence-corrected chi connectivity index (χ4v) is 4.31. The lowest BCUT2D eigenvalue weighted by molar-refractivity contribution is -0.00159. The van der Waals surface area contributed by atoms with Crippen molar-refractivity contribution in [3.05, 3.63) is 69.7 Å². The first kappa shape index (κ1) is 26.3. The summed E-state index contributed by atoms with van der Waals surface area (Å²) in [6.45, 7) is -0.116. The molecule has 2 aromatic carbocycles. The van der Waals surface area contributed by atoms with Gasteiger partial charge in [0.05, 0.1) is 5.56 Å². The number of carbonyl (C=O) groups excluding carboxylic acids is 1. The molecule has 0 aliphatic heterocycles. The fraction of sp³-hybridized carbons (Fsp3) is 0.375. The molecule has 1 aromatic heterocycles. The molecule has 198 valence electrons. The third-order valence-corrected chi connectivity index (χ3v) is 6.11. The Kier molecular flexibility index (Phi) is 7.60. The lowest BCUT2D eigenvalue weighted by Gasteiger charge is -2.19. The van der Waals surface area contributed by atoms with Gasteiger partial charge in [-0.3, -0.25) is 9.36 Å². The van der Waals surface area contributed by atoms with Crippen molar-refractivity contribution >= 4 is 11.6 Å². The summed E-state index contributed by atoms with van der Waals surface area (Å²) >= 11 is 0. The Morgan fingerprint density at radius 2 is 1.78 bits per heavy atom. The molecule has 4 rings (SSSR count). The van der Waals surface area contributed by atoms with Crippen molar-refractivity contribution in [2.45, 2.75) is 51.2 Å². The van der Waals surface area contributed by atoms with Gasteiger partial charge in [-0.1, -0.05) is 18.9 Å². The van der Waals surface area contributed by atoms with Crippen molar-refractivity contribution in [3.63, 3.8) is 0 Å². The number of nitrogens with zero attached hydrogens (tertiary/aromatic N) is 3. The van der Waals surface area contributed by atoms with Gasteiger partial charge in [0.25, 0.3) is 12.3 Å². The topological polar surface area (TPSA) is 78.2 Å². The molecule has 1 heterocycles. The van der Waals surface area contributed by atoms with Crippen LogP contribution in [0.1, 0.15) is 47.9 Å². The van der Waals surface area contributed by atoms with Crippen LogP contribution in [0.15, 0.2) is 35.1 Å². The standard InChI is InChI=1S/C24H22F6N4O3/c1-12-32-34(24(36)33(12)13-5-2-3-6-13)18-10-19(37-20(11-25)22(29)30)14(9-17(18)28)23(35)31-21-15(26)7-4-8-16(21)27/h4,7-10,13,20,22H,2-3,5-6,11H2,1H3,(H,31,35)/t20-/m0/s1. The van der Waals surface area contributed by atoms with E-state index in [4.69, 9.17) is 4.74 Å². The zero-order valence-corrected chi connectivity index (χ0v) is 19.5. The van der Waals surface area contributed by atoms with Crippen molar-refractivity contribution in [1.82, 2.24) is 14.3 Å². The van der Waals surface area contributed by atoms with Crippen LogP contribution in [0.2, 0.25) is 0 Å². The maximum Gasteiger partial charge on any atom is 0.351 e. The number of carbonyl (C=O) groups is 1. The van der Waals surface area contributed by atoms with Crippen LogP contribution >= 0.6 is 0 Å². The highest BCUT2D eigenvalue weighted by Gasteiger charge is 2.29. The molecule has 0 radical (unpaired) electrons. The minimum absolute atomic E-state index is 0.143. The summed E-state index contributed by atoms with van der Waals surface area (Å²) in [7, 11) is 0. The van der Waals surface area contributed by atoms with Crippen molar-refractivity contribution in [2.24, 2.45) is 0 Å². The minimum Gasteiger partial charge on any atom is -0.481 e. The highest BCUT2D eigenvalue weighted by atomic mass is 19.3. The van der Waals surface area contributed by atoms with Gasteiger partial charge in [-0.25, -0.2) is 31.1 Å². The van der Waals surface area contributed by atoms with E-state index in [1.54, 1.807) is 6.92 Å². The van der Waals surface area contributed by atoms with Crippen molar-refractivity contribution in [1.29, 1.82) is 0 Å². The third kappa shape index (κ3) is 5.20. The van der Waals surface area contributed by atoms with E-state index >= 15 is 4.39 Å². The third-order valence-electron chi connectivity index (χ3n) is 6.11. The Labute approximate surface area is 206 Å². The number of amides is 1. The quantitative estimate of drug-likeness (QED) is 0.413. The molecular weight excluding hydrogens is 506 g/mol. The Hall–Kier alpha value is -3.77. The van der Waals surface area contributed by atoms with Crippen LogP contribution in [0.5, 0.6) is 5.75 Å². The van der Waals surface area contributed by atoms with Crippen molar-refractivity contribution in [2.75, 3.05) is 12.0 Å². The number of aromatic nitrogens is 3. The normalized spacial score (nSPS) is 14.8. The molecule has 0 bridgehead atoms. The molecule has 1 amide bonds. The summed E-state index contributed by atoms with van der Waals surface area (Å²) in [5, 5.41) is 5.98. The number of hydrogen-bond acceptors (Lipinski definition) is 4. The first-order valence-corrected chi connectivity index (χ1v) is 11.4. The van der Waals surface area contributed by atoms with E-state index < -0.39 is 70.9 Å². The molecule has 0 saturated heterocycles. The highest BCUT2D eigenvalue weighted by molar-refractivity contribution is 6.06. The van der Waals surface area contributed by atoms with Gasteiger partial charge >= 0.3 is 5.69 Å². The predicted molar refractivity (Wildman–Crippen MR) is 121 cm³/mol. The number of nitrogens with one attached hydrogen (secondary N) is 1. The van der Waals surface area contributed by atoms with Crippen molar-refractivity contribution < 1.29 is 35.9 Å². The highest BCUT2D eigenvalue weighted by Crippen LogP contribution is 2.31. The van der Waals surface area contributed by atoms with Gasteiger partial charge in [-0.15, -0.1) is 0 Å². The second-order valence-electron chi connectivity index (χ2n) is 8.55. The van der Waals surface area contributed by atoms with Crippen LogP contribution in [0.4, 0.5) is 32.0 Å². The van der Waals surface area contributed by atoms with Gasteiger partial charge in [0.1, 0.15) is 47.1 Å². The zero-order chi connectivity index (χ0) is 26.9. The molecule has 0 unspecified atom stereocenters. The number of alkyl halides is 3. The van der Waals surface area contributed by atoms with Gasteiger partial charge in [-0.05, 0) is 38.0 Å². The van der Waals surface area contributed by atoms with Crippen LogP contribution in [0.25, 0.3) is 5.69 Å². The zero-order valence-electron chi connectivity index (χ0n) is 19.5. The lowest BCUT2D eigenvalue weighted by atomic mass is 10.1. The fourth-order valence-electron chi connectivity index (χ4n) is 4.31. The Balaban J connectivity index is 1.80. The van der Waals surface area contributed by atoms with E-state index in [-0.39, 0.29) is 11.9 Å². The minimum atomic E-state index is -3.33. The number of anilines is 1. The monoisotopic (exact) mass is 528 g/mol. The smallest absolute Gasteiger partial charge is 0.351 e. The summed E-state index contributed by atoms with van der Waals surface area (Å²) in [5.41, 5.74) is -2.87. The summed E-state index contributed by atoms with van der Waals surface area (Å²) in [6, 6.07) is 3.89. The molecule has 3 aromatic rings. The van der Waals surface area contributed by atoms with Gasteiger partial charge in [0, 0.05) is 12.1 Å². The Bertz CT molecular complexity index is 1350. The first-order valence-electron chi connectivity index (χ1n) is 11.4. The number of rotatable bonds is 8. The molecule has 1 atom stereocenters. The number of hydrogen-bond donors (Lipinski definition) is 1. The first-order chi connectivity index (χ1) is 17.6. The Morgan fingerprint density at radius 1 is 1.14 bits per heavy atom. The summed E-state index contributed by atoms with van der Waals surface area (Å²) in [5.74, 6) is -5.27. The van der Waals surface area contributed by atoms with E-state index in [1.807, 2.05) is 5.32 Å². The van der Waals surface area contributed by atoms with Crippen LogP contribution in [-0.2, 0) is 0 Å². The number of halogens is 6. The molecule has 0 spiro atoms. The van der Waals surface area contributed by atoms with E-state index in [1.165, 1.54) is 4.57 Å². The van der Waals surface area contributed by atoms with E-state index in [0.29, 0.717) is 10.7 Å². The molecule has 13 heteroatoms. The maximum atomic E-state index is 15.2. The second-order valence-corrected chi connectivity index (χ2v) is 8.55. The van der Waals surface area contributed by atoms with Gasteiger partial charge in [0.2, 0.25) is 0 Å². The van der Waals surface area contributed by atoms with Crippen LogP contribution < -0.4 is 15.7 Å². The largest absolute Gasteiger partial charge is 0.481 e. The summed E-state index contributed by atoms with van der Waals surface area (Å²) in [4.78, 5) is 25.9. The second kappa shape index (κ2) is 10.7. The summed E-state index contributed by atoms with van der Waals surface area (Å²) in [6.07, 6.45) is -2.42. The number of benzene rings is 2. The van der Waals surface area contributed by atoms with E-state index in [2.05, 4.69) is 5.10 Å². The number of para-hydroxylation sites is 1. The van der Waals surface area contributed by atoms with E-state index in [9.17, 15) is 31.5 Å². The molecular formula is C24H22F6N4O3. The Morgan fingerprint density at radius 3 is 2.38 bits per heavy atom. The molecule has 1 N–H and O–H groups in total. The van der Waals surface area contributed by atoms with Crippen LogP contribution in [0, 0.1) is 24.4 Å². The SMILES string of the molecule is Cc1nn(-c2cc(O[C@@H](CF)C(F)F)c(C(=O)Nc3c(F)cccc3F)cc2F)c(=O)n1C1CCCC1. The van der Waals surface area contributed by atoms with Gasteiger partial charge in [0.15, 0.2) is 6.10 Å². The number of ether oxygens (including phenoxy) is 1. The summed E-state index contributed by atoms with van der Waals surface area (Å²) < 4.78 is 90.1. The molecule has 1 saturated carbocycles. The molecule has 1 aliphatic carbocycles. The average Bonchev–Trinajstić information content (AvgIpc) is 3.47. The van der Waals surface area contributed by atoms with Crippen molar-refractivity contribution in [3.8, 4) is 11.4 Å². The lowest BCUT2D eigenvalue weighted by Crippen LogP contribution is -2.30. The number of aryl methyl sites for hydroxylation is 1. The molecule has 1 aliphatic rings. The van der Waals surface area contributed by atoms with Gasteiger partial charge < -0.3 is 10.1 Å². The predicted octanol–water partition coefficient (Wildman–Crippen LogP) is 5.11. The molecule has 37 heavy (non-hydrogen) atoms. The molecule has 1 fully saturated rings. The van der Waals surface area contributed by atoms with Crippen LogP contribution in [-0.4, -0.2) is 39.5 Å². The van der Waals surface area contributed by atoms with E-state index in [0.717, 1.165) is 49.9 Å². The maximum absolute atomic E-state index is 15.2.